The zero-order chi connectivity index (χ0) is 18.0. The van der Waals surface area contributed by atoms with Crippen LogP contribution < -0.4 is 5.32 Å². The number of nitrogens with one attached hydrogen (secondary N) is 1. The Balaban J connectivity index is 1.70. The first-order chi connectivity index (χ1) is 11.9. The molecule has 134 valence electrons. The SMILES string of the molecule is Cc1nc(Nc2nc(C)c(C)s2)cc(C2CCN(CCC(=O)O)C2)n1. The van der Waals surface area contributed by atoms with Gasteiger partial charge in [-0.2, -0.15) is 0 Å². The van der Waals surface area contributed by atoms with Crippen LogP contribution in [-0.2, 0) is 4.79 Å². The van der Waals surface area contributed by atoms with Crippen LogP contribution in [0.15, 0.2) is 6.07 Å². The lowest BCUT2D eigenvalue weighted by Crippen LogP contribution is -2.23. The highest BCUT2D eigenvalue weighted by Gasteiger charge is 2.25. The van der Waals surface area contributed by atoms with E-state index >= 15 is 0 Å². The van der Waals surface area contributed by atoms with Gasteiger partial charge in [-0.25, -0.2) is 15.0 Å². The molecule has 2 N–H and O–H groups in total. The number of carbonyl (C=O) groups is 1. The molecule has 3 rings (SSSR count). The largest absolute Gasteiger partial charge is 0.481 e. The molecular formula is C17H23N5O2S. The van der Waals surface area contributed by atoms with Gasteiger partial charge in [-0.1, -0.05) is 0 Å². The number of anilines is 2. The van der Waals surface area contributed by atoms with Gasteiger partial charge in [0.2, 0.25) is 0 Å². The van der Waals surface area contributed by atoms with Crippen molar-refractivity contribution in [3.63, 3.8) is 0 Å². The summed E-state index contributed by atoms with van der Waals surface area (Å²) < 4.78 is 0. The normalized spacial score (nSPS) is 17.8. The number of thiazole rings is 1. The molecule has 0 radical (unpaired) electrons. The van der Waals surface area contributed by atoms with Gasteiger partial charge >= 0.3 is 5.97 Å². The number of rotatable bonds is 6. The molecule has 1 saturated heterocycles. The maximum Gasteiger partial charge on any atom is 0.304 e. The van der Waals surface area contributed by atoms with Crippen molar-refractivity contribution < 1.29 is 9.90 Å². The molecule has 8 heteroatoms. The van der Waals surface area contributed by atoms with E-state index < -0.39 is 5.97 Å². The summed E-state index contributed by atoms with van der Waals surface area (Å²) in [5.74, 6) is 1.06. The van der Waals surface area contributed by atoms with Crippen molar-refractivity contribution >= 4 is 28.3 Å². The van der Waals surface area contributed by atoms with Gasteiger partial charge in [0.05, 0.1) is 17.8 Å². The first-order valence-corrected chi connectivity index (χ1v) is 9.23. The number of hydrogen-bond donors (Lipinski definition) is 2. The van der Waals surface area contributed by atoms with Gasteiger partial charge in [0, 0.05) is 30.0 Å². The van der Waals surface area contributed by atoms with E-state index in [2.05, 4.69) is 32.1 Å². The van der Waals surface area contributed by atoms with Gasteiger partial charge in [-0.15, -0.1) is 11.3 Å². The summed E-state index contributed by atoms with van der Waals surface area (Å²) in [5, 5.41) is 13.0. The standard InChI is InChI=1S/C17H23N5O2S/c1-10-11(2)25-17(18-10)21-15-8-14(19-12(3)20-15)13-4-6-22(9-13)7-5-16(23)24/h8,13H,4-7,9H2,1-3H3,(H,23,24)(H,18,19,20,21). The highest BCUT2D eigenvalue weighted by Crippen LogP contribution is 2.29. The molecule has 1 unspecified atom stereocenters. The zero-order valence-electron chi connectivity index (χ0n) is 14.7. The number of carboxylic acid groups (broad SMARTS) is 1. The number of nitrogens with zero attached hydrogens (tertiary/aromatic N) is 4. The molecule has 7 nitrogen and oxygen atoms in total. The number of carboxylic acids is 1. The van der Waals surface area contributed by atoms with Crippen molar-refractivity contribution in [1.82, 2.24) is 19.9 Å². The number of likely N-dealkylation sites (tertiary alicyclic amines) is 1. The molecule has 1 aliphatic heterocycles. The topological polar surface area (TPSA) is 91.2 Å². The van der Waals surface area contributed by atoms with E-state index in [9.17, 15) is 4.79 Å². The minimum Gasteiger partial charge on any atom is -0.481 e. The maximum absolute atomic E-state index is 10.7. The van der Waals surface area contributed by atoms with Crippen molar-refractivity contribution in [1.29, 1.82) is 0 Å². The maximum atomic E-state index is 10.7. The Hall–Kier alpha value is -2.06. The van der Waals surface area contributed by atoms with Gasteiger partial charge in [0.1, 0.15) is 11.6 Å². The van der Waals surface area contributed by atoms with E-state index in [0.29, 0.717) is 12.5 Å². The molecule has 25 heavy (non-hydrogen) atoms. The molecule has 3 heterocycles. The van der Waals surface area contributed by atoms with Crippen LogP contribution in [0.5, 0.6) is 0 Å². The van der Waals surface area contributed by atoms with Crippen molar-refractivity contribution in [3.05, 3.63) is 28.2 Å². The summed E-state index contributed by atoms with van der Waals surface area (Å²) >= 11 is 1.62. The van der Waals surface area contributed by atoms with E-state index in [0.717, 1.165) is 47.7 Å². The molecule has 1 atom stereocenters. The molecule has 0 aromatic carbocycles. The van der Waals surface area contributed by atoms with Crippen LogP contribution in [0.4, 0.5) is 10.9 Å². The molecule has 1 aliphatic rings. The van der Waals surface area contributed by atoms with Crippen molar-refractivity contribution in [2.75, 3.05) is 25.0 Å². The van der Waals surface area contributed by atoms with E-state index in [4.69, 9.17) is 5.11 Å². The average molecular weight is 361 g/mol. The molecule has 0 amide bonds. The predicted molar refractivity (Wildman–Crippen MR) is 97.7 cm³/mol. The van der Waals surface area contributed by atoms with Crippen molar-refractivity contribution in [2.24, 2.45) is 0 Å². The molecule has 0 aliphatic carbocycles. The number of aromatic nitrogens is 3. The summed E-state index contributed by atoms with van der Waals surface area (Å²) in [5.41, 5.74) is 2.04. The fourth-order valence-electron chi connectivity index (χ4n) is 3.03. The van der Waals surface area contributed by atoms with Crippen LogP contribution >= 0.6 is 11.3 Å². The Bertz CT molecular complexity index is 757. The average Bonchev–Trinajstić information content (AvgIpc) is 3.12. The second-order valence-electron chi connectivity index (χ2n) is 6.44. The van der Waals surface area contributed by atoms with E-state index in [1.54, 1.807) is 11.3 Å². The van der Waals surface area contributed by atoms with Gasteiger partial charge in [0.25, 0.3) is 0 Å². The molecule has 0 bridgehead atoms. The minimum atomic E-state index is -0.748. The Morgan fingerprint density at radius 1 is 1.36 bits per heavy atom. The lowest BCUT2D eigenvalue weighted by Gasteiger charge is -2.15. The molecule has 0 saturated carbocycles. The zero-order valence-corrected chi connectivity index (χ0v) is 15.6. The summed E-state index contributed by atoms with van der Waals surface area (Å²) in [6.07, 6.45) is 1.18. The fraction of sp³-hybridized carbons (Fsp3) is 0.529. The van der Waals surface area contributed by atoms with Gasteiger partial charge < -0.3 is 15.3 Å². The first-order valence-electron chi connectivity index (χ1n) is 8.41. The van der Waals surface area contributed by atoms with Crippen molar-refractivity contribution in [2.45, 2.75) is 39.5 Å². The van der Waals surface area contributed by atoms with Crippen LogP contribution in [0, 0.1) is 20.8 Å². The fourth-order valence-corrected chi connectivity index (χ4v) is 3.85. The number of aryl methyl sites for hydroxylation is 3. The second kappa shape index (κ2) is 7.45. The van der Waals surface area contributed by atoms with Crippen molar-refractivity contribution in [3.8, 4) is 0 Å². The van der Waals surface area contributed by atoms with Gasteiger partial charge in [-0.05, 0) is 33.7 Å². The lowest BCUT2D eigenvalue weighted by molar-refractivity contribution is -0.137. The van der Waals surface area contributed by atoms with Crippen LogP contribution in [0.2, 0.25) is 0 Å². The Morgan fingerprint density at radius 2 is 2.16 bits per heavy atom. The highest BCUT2D eigenvalue weighted by molar-refractivity contribution is 7.15. The Morgan fingerprint density at radius 3 is 2.84 bits per heavy atom. The number of aliphatic carboxylic acids is 1. The predicted octanol–water partition coefficient (Wildman–Crippen LogP) is 2.87. The molecule has 2 aromatic rings. The molecule has 0 spiro atoms. The minimum absolute atomic E-state index is 0.186. The van der Waals surface area contributed by atoms with E-state index in [-0.39, 0.29) is 6.42 Å². The summed E-state index contributed by atoms with van der Waals surface area (Å²) in [4.78, 5) is 27.7. The molecular weight excluding hydrogens is 338 g/mol. The summed E-state index contributed by atoms with van der Waals surface area (Å²) in [7, 11) is 0. The number of hydrogen-bond acceptors (Lipinski definition) is 7. The molecule has 1 fully saturated rings. The third-order valence-electron chi connectivity index (χ3n) is 4.45. The summed E-state index contributed by atoms with van der Waals surface area (Å²) in [6, 6.07) is 1.99. The third-order valence-corrected chi connectivity index (χ3v) is 5.44. The third kappa shape index (κ3) is 4.52. The quantitative estimate of drug-likeness (QED) is 0.817. The Kier molecular flexibility index (Phi) is 5.29. The van der Waals surface area contributed by atoms with E-state index in [1.807, 2.05) is 19.9 Å². The lowest BCUT2D eigenvalue weighted by atomic mass is 10.0. The van der Waals surface area contributed by atoms with Crippen LogP contribution in [0.3, 0.4) is 0 Å². The van der Waals surface area contributed by atoms with E-state index in [1.165, 1.54) is 4.88 Å². The Labute approximate surface area is 151 Å². The summed E-state index contributed by atoms with van der Waals surface area (Å²) in [6.45, 7) is 8.30. The highest BCUT2D eigenvalue weighted by atomic mass is 32.1. The van der Waals surface area contributed by atoms with Crippen LogP contribution in [0.25, 0.3) is 0 Å². The van der Waals surface area contributed by atoms with Gasteiger partial charge in [0.15, 0.2) is 5.13 Å². The first kappa shape index (κ1) is 17.8. The second-order valence-corrected chi connectivity index (χ2v) is 7.64. The van der Waals surface area contributed by atoms with Crippen LogP contribution in [0.1, 0.15) is 40.8 Å². The monoisotopic (exact) mass is 361 g/mol. The van der Waals surface area contributed by atoms with Crippen LogP contribution in [-0.4, -0.2) is 50.6 Å². The smallest absolute Gasteiger partial charge is 0.304 e. The molecule has 2 aromatic heterocycles. The van der Waals surface area contributed by atoms with Gasteiger partial charge in [-0.3, -0.25) is 4.79 Å².